The first kappa shape index (κ1) is 16.0. The number of aliphatic hydroxyl groups is 1. The second kappa shape index (κ2) is 6.17. The van der Waals surface area contributed by atoms with Crippen molar-refractivity contribution in [3.63, 3.8) is 0 Å². The largest absolute Gasteiger partial charge is 0.389 e. The van der Waals surface area contributed by atoms with E-state index in [4.69, 9.17) is 0 Å². The Morgan fingerprint density at radius 1 is 1.19 bits per heavy atom. The highest BCUT2D eigenvalue weighted by molar-refractivity contribution is 9.10. The molecule has 0 aromatic heterocycles. The van der Waals surface area contributed by atoms with Crippen LogP contribution in [0, 0.1) is 6.92 Å². The topological polar surface area (TPSA) is 66.4 Å². The quantitative estimate of drug-likeness (QED) is 0.864. The molecule has 0 aliphatic rings. The van der Waals surface area contributed by atoms with Crippen LogP contribution >= 0.6 is 15.9 Å². The van der Waals surface area contributed by atoms with Crippen molar-refractivity contribution < 1.29 is 13.5 Å². The van der Waals surface area contributed by atoms with Gasteiger partial charge in [0.1, 0.15) is 0 Å². The molecule has 0 bridgehead atoms. The fourth-order valence-corrected chi connectivity index (χ4v) is 3.39. The van der Waals surface area contributed by atoms with Crippen LogP contribution < -0.4 is 4.72 Å². The monoisotopic (exact) mass is 369 g/mol. The van der Waals surface area contributed by atoms with Crippen LogP contribution in [0.5, 0.6) is 0 Å². The van der Waals surface area contributed by atoms with Gasteiger partial charge >= 0.3 is 0 Å². The standard InChI is InChI=1S/C15H16BrNO3S/c1-10-6-7-13(16)9-15(10)17-21(19,20)14-5-3-4-12(8-14)11(2)18/h3-9,11,17-18H,1-2H3. The van der Waals surface area contributed by atoms with Gasteiger partial charge in [-0.2, -0.15) is 0 Å². The van der Waals surface area contributed by atoms with Crippen molar-refractivity contribution in [3.05, 3.63) is 58.1 Å². The molecule has 0 heterocycles. The summed E-state index contributed by atoms with van der Waals surface area (Å²) in [5.74, 6) is 0. The third-order valence-corrected chi connectivity index (χ3v) is 4.95. The van der Waals surface area contributed by atoms with Gasteiger partial charge in [-0.3, -0.25) is 4.72 Å². The van der Waals surface area contributed by atoms with E-state index in [1.54, 1.807) is 25.1 Å². The van der Waals surface area contributed by atoms with Gasteiger partial charge in [-0.15, -0.1) is 0 Å². The molecule has 6 heteroatoms. The third-order valence-electron chi connectivity index (χ3n) is 3.09. The van der Waals surface area contributed by atoms with Gasteiger partial charge in [0.05, 0.1) is 16.7 Å². The van der Waals surface area contributed by atoms with E-state index in [9.17, 15) is 13.5 Å². The van der Waals surface area contributed by atoms with Gasteiger partial charge in [0.25, 0.3) is 10.0 Å². The van der Waals surface area contributed by atoms with Crippen LogP contribution in [-0.2, 0) is 10.0 Å². The molecule has 1 atom stereocenters. The number of hydrogen-bond donors (Lipinski definition) is 2. The molecule has 0 aliphatic heterocycles. The minimum atomic E-state index is -3.69. The van der Waals surface area contributed by atoms with Crippen LogP contribution in [0.2, 0.25) is 0 Å². The lowest BCUT2D eigenvalue weighted by Gasteiger charge is -2.12. The summed E-state index contributed by atoms with van der Waals surface area (Å²) >= 11 is 3.32. The van der Waals surface area contributed by atoms with Crippen LogP contribution in [0.15, 0.2) is 51.8 Å². The molecule has 1 unspecified atom stereocenters. The number of anilines is 1. The van der Waals surface area contributed by atoms with Gasteiger partial charge in [-0.25, -0.2) is 8.42 Å². The zero-order chi connectivity index (χ0) is 15.6. The number of benzene rings is 2. The molecule has 2 aromatic carbocycles. The Morgan fingerprint density at radius 3 is 2.57 bits per heavy atom. The van der Waals surface area contributed by atoms with Gasteiger partial charge in [0, 0.05) is 4.47 Å². The molecule has 2 aromatic rings. The van der Waals surface area contributed by atoms with Crippen LogP contribution in [0.4, 0.5) is 5.69 Å². The minimum Gasteiger partial charge on any atom is -0.389 e. The number of halogens is 1. The number of aryl methyl sites for hydroxylation is 1. The van der Waals surface area contributed by atoms with E-state index in [2.05, 4.69) is 20.7 Å². The highest BCUT2D eigenvalue weighted by Gasteiger charge is 2.16. The number of rotatable bonds is 4. The number of aliphatic hydroxyl groups excluding tert-OH is 1. The fraction of sp³-hybridized carbons (Fsp3) is 0.200. The summed E-state index contributed by atoms with van der Waals surface area (Å²) in [6.07, 6.45) is -0.715. The molecular weight excluding hydrogens is 354 g/mol. The molecule has 2 rings (SSSR count). The summed E-state index contributed by atoms with van der Waals surface area (Å²) in [4.78, 5) is 0.125. The predicted octanol–water partition coefficient (Wildman–Crippen LogP) is 3.61. The Balaban J connectivity index is 2.38. The SMILES string of the molecule is Cc1ccc(Br)cc1NS(=O)(=O)c1cccc(C(C)O)c1. The second-order valence-electron chi connectivity index (χ2n) is 4.81. The molecular formula is C15H16BrNO3S. The molecule has 21 heavy (non-hydrogen) atoms. The maximum Gasteiger partial charge on any atom is 0.261 e. The molecule has 0 saturated carbocycles. The van der Waals surface area contributed by atoms with Gasteiger partial charge in [0.2, 0.25) is 0 Å². The van der Waals surface area contributed by atoms with E-state index in [0.29, 0.717) is 11.3 Å². The van der Waals surface area contributed by atoms with Crippen molar-refractivity contribution in [2.45, 2.75) is 24.8 Å². The van der Waals surface area contributed by atoms with E-state index in [0.717, 1.165) is 10.0 Å². The summed E-state index contributed by atoms with van der Waals surface area (Å²) in [6, 6.07) is 11.7. The molecule has 4 nitrogen and oxygen atoms in total. The lowest BCUT2D eigenvalue weighted by molar-refractivity contribution is 0.199. The van der Waals surface area contributed by atoms with Gasteiger partial charge in [-0.1, -0.05) is 34.1 Å². The predicted molar refractivity (Wildman–Crippen MR) is 86.8 cm³/mol. The maximum absolute atomic E-state index is 12.4. The third kappa shape index (κ3) is 3.84. The van der Waals surface area contributed by atoms with Gasteiger partial charge in [-0.05, 0) is 49.2 Å². The first-order valence-corrected chi connectivity index (χ1v) is 8.64. The average molecular weight is 370 g/mol. The molecule has 112 valence electrons. The first-order valence-electron chi connectivity index (χ1n) is 6.36. The smallest absolute Gasteiger partial charge is 0.261 e. The molecule has 0 saturated heterocycles. The molecule has 0 amide bonds. The molecule has 0 radical (unpaired) electrons. The van der Waals surface area contributed by atoms with E-state index in [1.807, 2.05) is 19.1 Å². The van der Waals surface area contributed by atoms with E-state index in [-0.39, 0.29) is 4.90 Å². The van der Waals surface area contributed by atoms with Crippen LogP contribution in [0.1, 0.15) is 24.2 Å². The van der Waals surface area contributed by atoms with E-state index < -0.39 is 16.1 Å². The van der Waals surface area contributed by atoms with Crippen molar-refractivity contribution in [1.82, 2.24) is 0 Å². The highest BCUT2D eigenvalue weighted by atomic mass is 79.9. The van der Waals surface area contributed by atoms with E-state index >= 15 is 0 Å². The summed E-state index contributed by atoms with van der Waals surface area (Å²) in [5.41, 5.74) is 1.91. The summed E-state index contributed by atoms with van der Waals surface area (Å²) in [7, 11) is -3.69. The lowest BCUT2D eigenvalue weighted by atomic mass is 10.1. The summed E-state index contributed by atoms with van der Waals surface area (Å²) < 4.78 is 28.2. The van der Waals surface area contributed by atoms with Crippen molar-refractivity contribution in [2.24, 2.45) is 0 Å². The Bertz CT molecular complexity index is 757. The average Bonchev–Trinajstić information content (AvgIpc) is 2.43. The molecule has 0 fully saturated rings. The minimum absolute atomic E-state index is 0.125. The summed E-state index contributed by atoms with van der Waals surface area (Å²) in [5, 5.41) is 9.56. The Hall–Kier alpha value is -1.37. The second-order valence-corrected chi connectivity index (χ2v) is 7.41. The molecule has 0 spiro atoms. The van der Waals surface area contributed by atoms with Crippen LogP contribution in [-0.4, -0.2) is 13.5 Å². The highest BCUT2D eigenvalue weighted by Crippen LogP contribution is 2.24. The Kier molecular flexibility index (Phi) is 4.70. The van der Waals surface area contributed by atoms with Crippen LogP contribution in [0.3, 0.4) is 0 Å². The molecule has 0 aliphatic carbocycles. The van der Waals surface area contributed by atoms with Crippen molar-refractivity contribution in [1.29, 1.82) is 0 Å². The zero-order valence-corrected chi connectivity index (χ0v) is 14.1. The number of nitrogens with one attached hydrogen (secondary N) is 1. The normalized spacial score (nSPS) is 13.0. The van der Waals surface area contributed by atoms with Crippen molar-refractivity contribution in [3.8, 4) is 0 Å². The first-order chi connectivity index (χ1) is 9.79. The van der Waals surface area contributed by atoms with Gasteiger partial charge in [0.15, 0.2) is 0 Å². The maximum atomic E-state index is 12.4. The van der Waals surface area contributed by atoms with Crippen LogP contribution in [0.25, 0.3) is 0 Å². The van der Waals surface area contributed by atoms with Crippen molar-refractivity contribution >= 4 is 31.6 Å². The number of sulfonamides is 1. The van der Waals surface area contributed by atoms with Gasteiger partial charge < -0.3 is 5.11 Å². The van der Waals surface area contributed by atoms with Crippen molar-refractivity contribution in [2.75, 3.05) is 4.72 Å². The number of hydrogen-bond acceptors (Lipinski definition) is 3. The Morgan fingerprint density at radius 2 is 1.90 bits per heavy atom. The lowest BCUT2D eigenvalue weighted by Crippen LogP contribution is -2.14. The zero-order valence-electron chi connectivity index (χ0n) is 11.7. The fourth-order valence-electron chi connectivity index (χ4n) is 1.85. The Labute approximate surface area is 133 Å². The summed E-state index contributed by atoms with van der Waals surface area (Å²) in [6.45, 7) is 3.42. The molecule has 2 N–H and O–H groups in total. The van der Waals surface area contributed by atoms with E-state index in [1.165, 1.54) is 12.1 Å².